The third kappa shape index (κ3) is 5.30. The molecular formula is C26H33N3O3. The number of fused-ring (bicyclic) bond motifs is 1. The number of ether oxygens (including phenoxy) is 1. The van der Waals surface area contributed by atoms with Gasteiger partial charge >= 0.3 is 0 Å². The minimum Gasteiger partial charge on any atom is -0.482 e. The third-order valence-corrected chi connectivity index (χ3v) is 6.44. The van der Waals surface area contributed by atoms with Crippen molar-refractivity contribution in [1.82, 2.24) is 10.2 Å². The topological polar surface area (TPSA) is 61.9 Å². The number of carbonyl (C=O) groups excluding carboxylic acids is 2. The lowest BCUT2D eigenvalue weighted by Gasteiger charge is -2.33. The Kier molecular flexibility index (Phi) is 7.10. The van der Waals surface area contributed by atoms with Crippen LogP contribution in [0.25, 0.3) is 0 Å². The third-order valence-electron chi connectivity index (χ3n) is 6.44. The molecule has 0 saturated carbocycles. The number of anilines is 1. The molecule has 0 radical (unpaired) electrons. The van der Waals surface area contributed by atoms with Gasteiger partial charge in [0.15, 0.2) is 6.61 Å². The van der Waals surface area contributed by atoms with Crippen LogP contribution in [-0.2, 0) is 11.3 Å². The van der Waals surface area contributed by atoms with E-state index in [2.05, 4.69) is 17.1 Å². The van der Waals surface area contributed by atoms with Crippen molar-refractivity contribution in [2.45, 2.75) is 52.1 Å². The maximum Gasteiger partial charge on any atom is 0.265 e. The second kappa shape index (κ2) is 10.2. The normalized spacial score (nSPS) is 18.8. The first-order valence-corrected chi connectivity index (χ1v) is 11.7. The van der Waals surface area contributed by atoms with Gasteiger partial charge in [-0.1, -0.05) is 24.6 Å². The van der Waals surface area contributed by atoms with Crippen molar-refractivity contribution < 1.29 is 14.3 Å². The molecule has 1 unspecified atom stereocenters. The quantitative estimate of drug-likeness (QED) is 0.670. The summed E-state index contributed by atoms with van der Waals surface area (Å²) in [5.41, 5.74) is 3.39. The SMILES string of the molecule is Cc1ccc2c(c1)N(Cc1cccc(C(=O)NCCCN3CCCCC3C)c1)C(=O)CO2. The first kappa shape index (κ1) is 22.3. The molecule has 4 rings (SSSR count). The molecule has 1 N–H and O–H groups in total. The molecule has 32 heavy (non-hydrogen) atoms. The summed E-state index contributed by atoms with van der Waals surface area (Å²) in [5.74, 6) is 0.570. The van der Waals surface area contributed by atoms with Gasteiger partial charge in [0, 0.05) is 24.7 Å². The Labute approximate surface area is 190 Å². The van der Waals surface area contributed by atoms with Gasteiger partial charge in [-0.25, -0.2) is 0 Å². The van der Waals surface area contributed by atoms with Crippen LogP contribution in [0.5, 0.6) is 5.75 Å². The fourth-order valence-corrected chi connectivity index (χ4v) is 4.55. The average molecular weight is 436 g/mol. The molecule has 1 atom stereocenters. The van der Waals surface area contributed by atoms with Crippen molar-refractivity contribution in [2.75, 3.05) is 31.1 Å². The molecule has 2 heterocycles. The first-order chi connectivity index (χ1) is 15.5. The first-order valence-electron chi connectivity index (χ1n) is 11.7. The minimum atomic E-state index is -0.0788. The molecule has 2 amide bonds. The maximum absolute atomic E-state index is 12.7. The largest absolute Gasteiger partial charge is 0.482 e. The van der Waals surface area contributed by atoms with Crippen LogP contribution in [0.2, 0.25) is 0 Å². The lowest BCUT2D eigenvalue weighted by molar-refractivity contribution is -0.121. The van der Waals surface area contributed by atoms with E-state index in [4.69, 9.17) is 4.74 Å². The molecule has 2 aromatic carbocycles. The highest BCUT2D eigenvalue weighted by atomic mass is 16.5. The number of hydrogen-bond donors (Lipinski definition) is 1. The maximum atomic E-state index is 12.7. The highest BCUT2D eigenvalue weighted by Crippen LogP contribution is 2.33. The van der Waals surface area contributed by atoms with Crippen LogP contribution in [0.3, 0.4) is 0 Å². The van der Waals surface area contributed by atoms with Gasteiger partial charge in [-0.15, -0.1) is 0 Å². The Bertz CT molecular complexity index is 975. The average Bonchev–Trinajstić information content (AvgIpc) is 2.80. The molecule has 6 nitrogen and oxygen atoms in total. The zero-order chi connectivity index (χ0) is 22.5. The van der Waals surface area contributed by atoms with Gasteiger partial charge in [-0.3, -0.25) is 9.59 Å². The van der Waals surface area contributed by atoms with E-state index in [0.717, 1.165) is 29.8 Å². The predicted octanol–water partition coefficient (Wildman–Crippen LogP) is 3.91. The van der Waals surface area contributed by atoms with Gasteiger partial charge in [0.05, 0.1) is 12.2 Å². The molecule has 0 aliphatic carbocycles. The van der Waals surface area contributed by atoms with E-state index in [9.17, 15) is 9.59 Å². The standard InChI is InChI=1S/C26H33N3O3/c1-19-10-11-24-23(15-19)29(25(30)18-32-24)17-21-8-5-9-22(16-21)26(31)27-12-6-14-28-13-4-3-7-20(28)2/h5,8-11,15-16,20H,3-4,6-7,12-14,17-18H2,1-2H3,(H,27,31). The summed E-state index contributed by atoms with van der Waals surface area (Å²) < 4.78 is 5.57. The van der Waals surface area contributed by atoms with Crippen LogP contribution in [0.4, 0.5) is 5.69 Å². The number of hydrogen-bond acceptors (Lipinski definition) is 4. The van der Waals surface area contributed by atoms with Gasteiger partial charge in [-0.05, 0) is 75.0 Å². The summed E-state index contributed by atoms with van der Waals surface area (Å²) in [6.45, 7) is 7.59. The van der Waals surface area contributed by atoms with E-state index in [1.165, 1.54) is 25.8 Å². The summed E-state index contributed by atoms with van der Waals surface area (Å²) in [6, 6.07) is 14.0. The number of rotatable bonds is 7. The van der Waals surface area contributed by atoms with Crippen molar-refractivity contribution in [1.29, 1.82) is 0 Å². The number of benzene rings is 2. The fourth-order valence-electron chi connectivity index (χ4n) is 4.55. The zero-order valence-corrected chi connectivity index (χ0v) is 19.1. The zero-order valence-electron chi connectivity index (χ0n) is 19.1. The number of aryl methyl sites for hydroxylation is 1. The second-order valence-corrected chi connectivity index (χ2v) is 8.93. The molecule has 170 valence electrons. The summed E-state index contributed by atoms with van der Waals surface area (Å²) >= 11 is 0. The van der Waals surface area contributed by atoms with Crippen molar-refractivity contribution in [3.8, 4) is 5.75 Å². The smallest absolute Gasteiger partial charge is 0.265 e. The van der Waals surface area contributed by atoms with Gasteiger partial charge in [0.1, 0.15) is 5.75 Å². The van der Waals surface area contributed by atoms with Crippen molar-refractivity contribution in [3.63, 3.8) is 0 Å². The van der Waals surface area contributed by atoms with Gasteiger partial charge in [0.25, 0.3) is 11.8 Å². The lowest BCUT2D eigenvalue weighted by atomic mass is 10.0. The Balaban J connectivity index is 1.35. The van der Waals surface area contributed by atoms with Crippen LogP contribution < -0.4 is 15.0 Å². The van der Waals surface area contributed by atoms with Crippen LogP contribution >= 0.6 is 0 Å². The van der Waals surface area contributed by atoms with Crippen LogP contribution in [0.1, 0.15) is 54.1 Å². The molecule has 6 heteroatoms. The van der Waals surface area contributed by atoms with Crippen LogP contribution in [-0.4, -0.2) is 49.0 Å². The predicted molar refractivity (Wildman–Crippen MR) is 126 cm³/mol. The van der Waals surface area contributed by atoms with E-state index >= 15 is 0 Å². The molecule has 0 bridgehead atoms. The Morgan fingerprint density at radius 3 is 2.91 bits per heavy atom. The number of carbonyl (C=O) groups is 2. The molecule has 0 spiro atoms. The monoisotopic (exact) mass is 435 g/mol. The van der Waals surface area contributed by atoms with Crippen LogP contribution in [0, 0.1) is 6.92 Å². The fraction of sp³-hybridized carbons (Fsp3) is 0.462. The highest BCUT2D eigenvalue weighted by Gasteiger charge is 2.26. The van der Waals surface area contributed by atoms with E-state index in [0.29, 0.717) is 30.4 Å². The molecule has 2 aliphatic rings. The lowest BCUT2D eigenvalue weighted by Crippen LogP contribution is -2.39. The number of nitrogens with one attached hydrogen (secondary N) is 1. The summed E-state index contributed by atoms with van der Waals surface area (Å²) in [5, 5.41) is 3.05. The molecule has 1 saturated heterocycles. The summed E-state index contributed by atoms with van der Waals surface area (Å²) in [6.07, 6.45) is 4.83. The number of amides is 2. The van der Waals surface area contributed by atoms with Gasteiger partial charge in [0.2, 0.25) is 0 Å². The molecular weight excluding hydrogens is 402 g/mol. The Morgan fingerprint density at radius 2 is 2.06 bits per heavy atom. The molecule has 2 aromatic rings. The number of piperidine rings is 1. The number of nitrogens with zero attached hydrogens (tertiary/aromatic N) is 2. The van der Waals surface area contributed by atoms with E-state index in [1.54, 1.807) is 4.90 Å². The van der Waals surface area contributed by atoms with Crippen LogP contribution in [0.15, 0.2) is 42.5 Å². The summed E-state index contributed by atoms with van der Waals surface area (Å²) in [4.78, 5) is 29.5. The molecule has 1 fully saturated rings. The van der Waals surface area contributed by atoms with Gasteiger partial charge in [-0.2, -0.15) is 0 Å². The molecule has 0 aromatic heterocycles. The summed E-state index contributed by atoms with van der Waals surface area (Å²) in [7, 11) is 0. The Hall–Kier alpha value is -2.86. The minimum absolute atomic E-state index is 0.0336. The van der Waals surface area contributed by atoms with E-state index in [1.807, 2.05) is 49.4 Å². The van der Waals surface area contributed by atoms with E-state index < -0.39 is 0 Å². The van der Waals surface area contributed by atoms with Crippen molar-refractivity contribution >= 4 is 17.5 Å². The highest BCUT2D eigenvalue weighted by molar-refractivity contribution is 5.98. The van der Waals surface area contributed by atoms with E-state index in [-0.39, 0.29) is 18.4 Å². The second-order valence-electron chi connectivity index (χ2n) is 8.93. The van der Waals surface area contributed by atoms with Crippen molar-refractivity contribution in [2.24, 2.45) is 0 Å². The molecule has 2 aliphatic heterocycles. The number of likely N-dealkylation sites (tertiary alicyclic amines) is 1. The van der Waals surface area contributed by atoms with Gasteiger partial charge < -0.3 is 19.9 Å². The Morgan fingerprint density at radius 1 is 1.19 bits per heavy atom. The van der Waals surface area contributed by atoms with Crippen molar-refractivity contribution in [3.05, 3.63) is 59.2 Å².